The number of hydrogen-bond donors (Lipinski definition) is 1. The van der Waals surface area contributed by atoms with E-state index in [-0.39, 0.29) is 5.91 Å². The van der Waals surface area contributed by atoms with E-state index in [1.165, 1.54) is 12.8 Å². The number of carbonyl (C=O) groups excluding carboxylic acids is 1. The lowest BCUT2D eigenvalue weighted by atomic mass is 10.2. The molecule has 0 unspecified atom stereocenters. The van der Waals surface area contributed by atoms with Crippen LogP contribution in [0.5, 0.6) is 0 Å². The van der Waals surface area contributed by atoms with Crippen molar-refractivity contribution in [3.63, 3.8) is 0 Å². The van der Waals surface area contributed by atoms with Gasteiger partial charge in [0.25, 0.3) is 5.91 Å². The van der Waals surface area contributed by atoms with Gasteiger partial charge in [0, 0.05) is 50.0 Å². The van der Waals surface area contributed by atoms with Crippen molar-refractivity contribution in [3.8, 4) is 0 Å². The maximum atomic E-state index is 12.6. The lowest BCUT2D eigenvalue weighted by Gasteiger charge is -2.34. The van der Waals surface area contributed by atoms with Gasteiger partial charge in [0.1, 0.15) is 5.82 Å². The maximum absolute atomic E-state index is 12.6. The molecule has 7 heteroatoms. The lowest BCUT2D eigenvalue weighted by molar-refractivity contribution is 0.0746. The van der Waals surface area contributed by atoms with Gasteiger partial charge in [0.05, 0.1) is 5.56 Å². The zero-order valence-corrected chi connectivity index (χ0v) is 13.6. The third-order valence-corrected chi connectivity index (χ3v) is 5.03. The minimum absolute atomic E-state index is 0.0641. The molecule has 2 fully saturated rings. The summed E-state index contributed by atoms with van der Waals surface area (Å²) in [6.07, 6.45) is 5.93. The highest BCUT2D eigenvalue weighted by atomic mass is 32.1. The van der Waals surface area contributed by atoms with Gasteiger partial charge in [-0.05, 0) is 25.0 Å². The van der Waals surface area contributed by atoms with Crippen LogP contribution in [0.2, 0.25) is 0 Å². The summed E-state index contributed by atoms with van der Waals surface area (Å²) >= 11 is 1.64. The van der Waals surface area contributed by atoms with Crippen LogP contribution in [0.15, 0.2) is 29.9 Å². The summed E-state index contributed by atoms with van der Waals surface area (Å²) in [5, 5.41) is 6.35. The van der Waals surface area contributed by atoms with Crippen LogP contribution in [0, 0.1) is 0 Å². The molecule has 2 aromatic heterocycles. The third kappa shape index (κ3) is 3.29. The smallest absolute Gasteiger partial charge is 0.255 e. The first-order chi connectivity index (χ1) is 11.3. The monoisotopic (exact) mass is 329 g/mol. The zero-order valence-electron chi connectivity index (χ0n) is 12.8. The van der Waals surface area contributed by atoms with Crippen LogP contribution >= 0.6 is 11.3 Å². The highest BCUT2D eigenvalue weighted by Crippen LogP contribution is 2.24. The van der Waals surface area contributed by atoms with E-state index in [0.29, 0.717) is 11.6 Å². The predicted molar refractivity (Wildman–Crippen MR) is 91.1 cm³/mol. The first kappa shape index (κ1) is 14.4. The number of rotatable bonds is 4. The Morgan fingerprint density at radius 1 is 1.17 bits per heavy atom. The molecular weight excluding hydrogens is 310 g/mol. The number of nitrogens with zero attached hydrogens (tertiary/aromatic N) is 4. The summed E-state index contributed by atoms with van der Waals surface area (Å²) in [5.41, 5.74) is 0.661. The van der Waals surface area contributed by atoms with Gasteiger partial charge in [0.2, 0.25) is 0 Å². The fourth-order valence-electron chi connectivity index (χ4n) is 2.70. The minimum atomic E-state index is 0.0641. The second-order valence-electron chi connectivity index (χ2n) is 5.94. The molecule has 120 valence electrons. The van der Waals surface area contributed by atoms with Gasteiger partial charge in [-0.2, -0.15) is 0 Å². The molecule has 1 saturated carbocycles. The Morgan fingerprint density at radius 2 is 2.00 bits per heavy atom. The molecule has 0 aromatic carbocycles. The second-order valence-corrected chi connectivity index (χ2v) is 6.82. The fourth-order valence-corrected chi connectivity index (χ4v) is 3.39. The van der Waals surface area contributed by atoms with Crippen molar-refractivity contribution >= 4 is 28.2 Å². The SMILES string of the molecule is O=C(c1ccc(NC2CC2)nc1)N1CCN(c2nccs2)CC1. The average molecular weight is 329 g/mol. The normalized spacial score (nSPS) is 18.1. The highest BCUT2D eigenvalue weighted by Gasteiger charge is 2.24. The molecule has 2 aliphatic rings. The van der Waals surface area contributed by atoms with Crippen LogP contribution in [0.4, 0.5) is 10.9 Å². The number of hydrogen-bond acceptors (Lipinski definition) is 6. The standard InChI is InChI=1S/C16H19N5OS/c22-15(12-1-4-14(18-11-12)19-13-2-3-13)20-6-8-21(9-7-20)16-17-5-10-23-16/h1,4-5,10-11,13H,2-3,6-9H2,(H,18,19). The van der Waals surface area contributed by atoms with Gasteiger partial charge in [-0.25, -0.2) is 9.97 Å². The molecule has 6 nitrogen and oxygen atoms in total. The van der Waals surface area contributed by atoms with Crippen LogP contribution in [-0.2, 0) is 0 Å². The van der Waals surface area contributed by atoms with Gasteiger partial charge < -0.3 is 15.1 Å². The highest BCUT2D eigenvalue weighted by molar-refractivity contribution is 7.13. The quantitative estimate of drug-likeness (QED) is 0.930. The van der Waals surface area contributed by atoms with Crippen LogP contribution in [0.25, 0.3) is 0 Å². The van der Waals surface area contributed by atoms with Crippen molar-refractivity contribution in [2.24, 2.45) is 0 Å². The predicted octanol–water partition coefficient (Wildman–Crippen LogP) is 2.07. The minimum Gasteiger partial charge on any atom is -0.367 e. The Labute approximate surface area is 139 Å². The van der Waals surface area contributed by atoms with Crippen molar-refractivity contribution in [2.45, 2.75) is 18.9 Å². The van der Waals surface area contributed by atoms with E-state index in [1.54, 1.807) is 17.5 Å². The van der Waals surface area contributed by atoms with Crippen molar-refractivity contribution in [3.05, 3.63) is 35.5 Å². The van der Waals surface area contributed by atoms with Crippen molar-refractivity contribution in [1.82, 2.24) is 14.9 Å². The summed E-state index contributed by atoms with van der Waals surface area (Å²) < 4.78 is 0. The molecule has 0 atom stereocenters. The average Bonchev–Trinajstić information content (AvgIpc) is 3.24. The van der Waals surface area contributed by atoms with Gasteiger partial charge in [0.15, 0.2) is 5.13 Å². The van der Waals surface area contributed by atoms with Crippen LogP contribution in [-0.4, -0.2) is 53.0 Å². The van der Waals surface area contributed by atoms with E-state index in [0.717, 1.165) is 37.1 Å². The largest absolute Gasteiger partial charge is 0.367 e. The van der Waals surface area contributed by atoms with E-state index in [9.17, 15) is 4.79 Å². The molecule has 2 aromatic rings. The number of carbonyl (C=O) groups is 1. The summed E-state index contributed by atoms with van der Waals surface area (Å²) in [7, 11) is 0. The summed E-state index contributed by atoms with van der Waals surface area (Å²) in [6.45, 7) is 3.10. The van der Waals surface area contributed by atoms with E-state index < -0.39 is 0 Å². The van der Waals surface area contributed by atoms with E-state index >= 15 is 0 Å². The molecule has 1 amide bonds. The maximum Gasteiger partial charge on any atom is 0.255 e. The van der Waals surface area contributed by atoms with Crippen LogP contribution < -0.4 is 10.2 Å². The van der Waals surface area contributed by atoms with Crippen LogP contribution in [0.1, 0.15) is 23.2 Å². The van der Waals surface area contributed by atoms with Crippen molar-refractivity contribution in [2.75, 3.05) is 36.4 Å². The fraction of sp³-hybridized carbons (Fsp3) is 0.438. The Morgan fingerprint density at radius 3 is 2.61 bits per heavy atom. The first-order valence-corrected chi connectivity index (χ1v) is 8.84. The van der Waals surface area contributed by atoms with Gasteiger partial charge in [-0.3, -0.25) is 4.79 Å². The number of aromatic nitrogens is 2. The van der Waals surface area contributed by atoms with Crippen LogP contribution in [0.3, 0.4) is 0 Å². The Balaban J connectivity index is 1.35. The van der Waals surface area contributed by atoms with Gasteiger partial charge in [-0.1, -0.05) is 0 Å². The summed E-state index contributed by atoms with van der Waals surface area (Å²) in [4.78, 5) is 25.4. The Bertz CT molecular complexity index is 660. The molecule has 3 heterocycles. The summed E-state index contributed by atoms with van der Waals surface area (Å²) in [5.74, 6) is 0.923. The molecule has 1 aliphatic carbocycles. The van der Waals surface area contributed by atoms with Gasteiger partial charge >= 0.3 is 0 Å². The topological polar surface area (TPSA) is 61.4 Å². The molecule has 0 spiro atoms. The Kier molecular flexibility index (Phi) is 3.87. The Hall–Kier alpha value is -2.15. The molecule has 23 heavy (non-hydrogen) atoms. The first-order valence-electron chi connectivity index (χ1n) is 7.96. The molecule has 4 rings (SSSR count). The number of amides is 1. The summed E-state index contributed by atoms with van der Waals surface area (Å²) in [6, 6.07) is 4.34. The van der Waals surface area contributed by atoms with E-state index in [2.05, 4.69) is 20.2 Å². The zero-order chi connectivity index (χ0) is 15.6. The molecular formula is C16H19N5OS. The molecule has 1 saturated heterocycles. The number of pyridine rings is 1. The van der Waals surface area contributed by atoms with Gasteiger partial charge in [-0.15, -0.1) is 11.3 Å². The number of nitrogens with one attached hydrogen (secondary N) is 1. The molecule has 1 aliphatic heterocycles. The number of piperazine rings is 1. The van der Waals surface area contributed by atoms with Crippen molar-refractivity contribution < 1.29 is 4.79 Å². The molecule has 0 radical (unpaired) electrons. The van der Waals surface area contributed by atoms with E-state index in [4.69, 9.17) is 0 Å². The number of thiazole rings is 1. The van der Waals surface area contributed by atoms with E-state index in [1.807, 2.05) is 28.6 Å². The number of anilines is 2. The second kappa shape index (κ2) is 6.16. The van der Waals surface area contributed by atoms with Crippen molar-refractivity contribution in [1.29, 1.82) is 0 Å². The molecule has 0 bridgehead atoms. The molecule has 1 N–H and O–H groups in total. The lowest BCUT2D eigenvalue weighted by Crippen LogP contribution is -2.48. The third-order valence-electron chi connectivity index (χ3n) is 4.20.